The van der Waals surface area contributed by atoms with Crippen molar-refractivity contribution in [3.63, 3.8) is 0 Å². The summed E-state index contributed by atoms with van der Waals surface area (Å²) >= 11 is 0. The van der Waals surface area contributed by atoms with E-state index in [1.165, 1.54) is 0 Å². The number of ether oxygens (including phenoxy) is 1. The minimum absolute atomic E-state index is 0.183. The molecule has 0 atom stereocenters. The van der Waals surface area contributed by atoms with Crippen molar-refractivity contribution in [2.75, 3.05) is 12.4 Å². The fraction of sp³-hybridized carbons (Fsp3) is 0.158. The molecule has 0 spiro atoms. The Kier molecular flexibility index (Phi) is 4.33. The number of benzene rings is 2. The zero-order valence-corrected chi connectivity index (χ0v) is 13.9. The summed E-state index contributed by atoms with van der Waals surface area (Å²) in [5, 5.41) is 13.2. The predicted molar refractivity (Wildman–Crippen MR) is 94.9 cm³/mol. The third-order valence-corrected chi connectivity index (χ3v) is 3.64. The molecule has 0 fully saturated rings. The number of hydrogen-bond donors (Lipinski definition) is 2. The number of nitrogens with one attached hydrogen (secondary N) is 1. The van der Waals surface area contributed by atoms with Gasteiger partial charge >= 0.3 is 0 Å². The van der Waals surface area contributed by atoms with Crippen molar-refractivity contribution in [1.29, 1.82) is 0 Å². The second-order valence-corrected chi connectivity index (χ2v) is 5.56. The summed E-state index contributed by atoms with van der Waals surface area (Å²) in [4.78, 5) is 8.89. The summed E-state index contributed by atoms with van der Waals surface area (Å²) in [6.07, 6.45) is 0. The summed E-state index contributed by atoms with van der Waals surface area (Å²) in [6.45, 7) is 3.81. The molecule has 3 rings (SSSR count). The highest BCUT2D eigenvalue weighted by Gasteiger charge is 2.08. The van der Waals surface area contributed by atoms with Crippen LogP contribution in [-0.4, -0.2) is 22.2 Å². The Balaban J connectivity index is 1.95. The van der Waals surface area contributed by atoms with Crippen LogP contribution in [0.15, 0.2) is 48.5 Å². The number of aryl methyl sites for hydroxylation is 2. The second kappa shape index (κ2) is 6.58. The van der Waals surface area contributed by atoms with Crippen LogP contribution >= 0.6 is 0 Å². The average molecular weight is 321 g/mol. The number of phenols is 1. The molecule has 2 N–H and O–H groups in total. The first kappa shape index (κ1) is 15.8. The van der Waals surface area contributed by atoms with Gasteiger partial charge in [0.1, 0.15) is 23.1 Å². The van der Waals surface area contributed by atoms with Crippen LogP contribution < -0.4 is 10.1 Å². The van der Waals surface area contributed by atoms with Crippen LogP contribution in [0.5, 0.6) is 11.5 Å². The van der Waals surface area contributed by atoms with Gasteiger partial charge in [0, 0.05) is 11.6 Å². The van der Waals surface area contributed by atoms with Gasteiger partial charge in [0.05, 0.1) is 18.5 Å². The van der Waals surface area contributed by atoms with E-state index >= 15 is 0 Å². The molecule has 0 aliphatic heterocycles. The van der Waals surface area contributed by atoms with Crippen LogP contribution in [0.3, 0.4) is 0 Å². The lowest BCUT2D eigenvalue weighted by Crippen LogP contribution is -1.99. The number of hydrogen-bond acceptors (Lipinski definition) is 5. The number of methoxy groups -OCH3 is 1. The molecule has 1 aromatic heterocycles. The van der Waals surface area contributed by atoms with E-state index in [1.807, 2.05) is 56.3 Å². The highest BCUT2D eigenvalue weighted by molar-refractivity contribution is 5.69. The molecule has 1 heterocycles. The highest BCUT2D eigenvalue weighted by atomic mass is 16.5. The molecule has 122 valence electrons. The van der Waals surface area contributed by atoms with Gasteiger partial charge in [-0.2, -0.15) is 0 Å². The number of rotatable bonds is 4. The van der Waals surface area contributed by atoms with Crippen LogP contribution in [0, 0.1) is 13.8 Å². The molecule has 3 aromatic rings. The second-order valence-electron chi connectivity index (χ2n) is 5.56. The third kappa shape index (κ3) is 3.46. The minimum atomic E-state index is 0.183. The van der Waals surface area contributed by atoms with Crippen LogP contribution in [0.2, 0.25) is 0 Å². The quantitative estimate of drug-likeness (QED) is 0.704. The fourth-order valence-electron chi connectivity index (χ4n) is 2.43. The maximum Gasteiger partial charge on any atom is 0.139 e. The average Bonchev–Trinajstić information content (AvgIpc) is 2.58. The molecule has 0 aliphatic rings. The van der Waals surface area contributed by atoms with Crippen LogP contribution in [-0.2, 0) is 0 Å². The molecule has 0 bridgehead atoms. The topological polar surface area (TPSA) is 67.3 Å². The lowest BCUT2D eigenvalue weighted by atomic mass is 10.1. The highest BCUT2D eigenvalue weighted by Crippen LogP contribution is 2.29. The molecule has 0 amide bonds. The summed E-state index contributed by atoms with van der Waals surface area (Å²) < 4.78 is 5.18. The molecule has 0 radical (unpaired) electrons. The van der Waals surface area contributed by atoms with Crippen LogP contribution in [0.1, 0.15) is 11.4 Å². The summed E-state index contributed by atoms with van der Waals surface area (Å²) in [7, 11) is 1.64. The van der Waals surface area contributed by atoms with Gasteiger partial charge in [-0.1, -0.05) is 6.07 Å². The Bertz CT molecular complexity index is 861. The number of phenolic OH excluding ortho intramolecular Hbond substituents is 1. The van der Waals surface area contributed by atoms with Gasteiger partial charge in [-0.25, -0.2) is 9.97 Å². The number of aromatic nitrogens is 2. The molecule has 5 nitrogen and oxygen atoms in total. The van der Waals surface area contributed by atoms with Crippen molar-refractivity contribution in [2.45, 2.75) is 13.8 Å². The van der Waals surface area contributed by atoms with E-state index in [0.29, 0.717) is 17.3 Å². The largest absolute Gasteiger partial charge is 0.506 e. The normalized spacial score (nSPS) is 10.5. The zero-order valence-electron chi connectivity index (χ0n) is 13.9. The van der Waals surface area contributed by atoms with Gasteiger partial charge < -0.3 is 15.2 Å². The number of aromatic hydroxyl groups is 1. The molecule has 0 unspecified atom stereocenters. The Hall–Kier alpha value is -3.08. The van der Waals surface area contributed by atoms with Crippen LogP contribution in [0.4, 0.5) is 11.5 Å². The van der Waals surface area contributed by atoms with E-state index in [2.05, 4.69) is 15.3 Å². The smallest absolute Gasteiger partial charge is 0.139 e. The number of anilines is 2. The Labute approximate surface area is 141 Å². The molecule has 24 heavy (non-hydrogen) atoms. The first-order valence-corrected chi connectivity index (χ1v) is 7.62. The van der Waals surface area contributed by atoms with E-state index in [9.17, 15) is 5.11 Å². The van der Waals surface area contributed by atoms with Gasteiger partial charge in [-0.05, 0) is 55.8 Å². The lowest BCUT2D eigenvalue weighted by Gasteiger charge is -2.11. The summed E-state index contributed by atoms with van der Waals surface area (Å²) in [5.41, 5.74) is 3.45. The molecule has 0 aliphatic carbocycles. The zero-order chi connectivity index (χ0) is 17.1. The van der Waals surface area contributed by atoms with Crippen LogP contribution in [0.25, 0.3) is 11.3 Å². The molecule has 2 aromatic carbocycles. The first-order chi connectivity index (χ1) is 11.5. The molecular formula is C19H19N3O2. The predicted octanol–water partition coefficient (Wildman–Crippen LogP) is 4.22. The van der Waals surface area contributed by atoms with Crippen molar-refractivity contribution >= 4 is 11.5 Å². The maximum atomic E-state index is 9.99. The van der Waals surface area contributed by atoms with Gasteiger partial charge in [0.25, 0.3) is 0 Å². The SMILES string of the molecule is COc1ccc(-c2cc(Nc3cc(C)ccc3O)nc(C)n2)cc1. The monoisotopic (exact) mass is 321 g/mol. The van der Waals surface area contributed by atoms with Gasteiger partial charge in [0.15, 0.2) is 0 Å². The van der Waals surface area contributed by atoms with E-state index in [0.717, 1.165) is 22.6 Å². The molecule has 0 saturated heterocycles. The van der Waals surface area contributed by atoms with E-state index < -0.39 is 0 Å². The minimum Gasteiger partial charge on any atom is -0.506 e. The van der Waals surface area contributed by atoms with Crippen molar-refractivity contribution < 1.29 is 9.84 Å². The van der Waals surface area contributed by atoms with Crippen molar-refractivity contribution in [2.24, 2.45) is 0 Å². The molecule has 5 heteroatoms. The number of nitrogens with zero attached hydrogens (tertiary/aromatic N) is 2. The van der Waals surface area contributed by atoms with Crippen molar-refractivity contribution in [3.8, 4) is 22.8 Å². The molecule has 0 saturated carbocycles. The Morgan fingerprint density at radius 3 is 2.42 bits per heavy atom. The Morgan fingerprint density at radius 2 is 1.71 bits per heavy atom. The Morgan fingerprint density at radius 1 is 0.958 bits per heavy atom. The third-order valence-electron chi connectivity index (χ3n) is 3.64. The fourth-order valence-corrected chi connectivity index (χ4v) is 2.43. The summed E-state index contributed by atoms with van der Waals surface area (Å²) in [5.74, 6) is 2.27. The van der Waals surface area contributed by atoms with E-state index in [-0.39, 0.29) is 5.75 Å². The van der Waals surface area contributed by atoms with Gasteiger partial charge in [-0.15, -0.1) is 0 Å². The first-order valence-electron chi connectivity index (χ1n) is 7.62. The lowest BCUT2D eigenvalue weighted by molar-refractivity contribution is 0.415. The summed E-state index contributed by atoms with van der Waals surface area (Å²) in [6, 6.07) is 14.9. The van der Waals surface area contributed by atoms with Crippen molar-refractivity contribution in [1.82, 2.24) is 9.97 Å². The van der Waals surface area contributed by atoms with Crippen molar-refractivity contribution in [3.05, 3.63) is 59.9 Å². The van der Waals surface area contributed by atoms with Gasteiger partial charge in [-0.3, -0.25) is 0 Å². The van der Waals surface area contributed by atoms with Gasteiger partial charge in [0.2, 0.25) is 0 Å². The maximum absolute atomic E-state index is 9.99. The van der Waals surface area contributed by atoms with E-state index in [1.54, 1.807) is 13.2 Å². The molecular weight excluding hydrogens is 302 g/mol. The standard InChI is InChI=1S/C19H19N3O2/c1-12-4-9-18(23)17(10-12)22-19-11-16(20-13(2)21-19)14-5-7-15(24-3)8-6-14/h4-11,23H,1-3H3,(H,20,21,22). The van der Waals surface area contributed by atoms with E-state index in [4.69, 9.17) is 4.74 Å².